The Hall–Kier alpha value is -2.53. The van der Waals surface area contributed by atoms with E-state index >= 15 is 0 Å². The van der Waals surface area contributed by atoms with Crippen LogP contribution in [0.4, 0.5) is 4.79 Å². The number of rotatable bonds is 9. The lowest BCUT2D eigenvalue weighted by atomic mass is 9.92. The summed E-state index contributed by atoms with van der Waals surface area (Å²) in [6.45, 7) is 16.3. The number of hydrogen-bond donors (Lipinski definition) is 0. The number of nitrogens with zero attached hydrogens (tertiary/aromatic N) is 2. The van der Waals surface area contributed by atoms with E-state index in [1.165, 1.54) is 0 Å². The molecule has 0 N–H and O–H groups in total. The Bertz CT molecular complexity index is 892. The molecule has 31 heavy (non-hydrogen) atoms. The van der Waals surface area contributed by atoms with Crippen molar-refractivity contribution in [2.45, 2.75) is 40.2 Å². The van der Waals surface area contributed by atoms with Crippen molar-refractivity contribution in [2.75, 3.05) is 40.3 Å². The molecule has 0 bridgehead atoms. The van der Waals surface area contributed by atoms with Gasteiger partial charge in [0.15, 0.2) is 0 Å². The van der Waals surface area contributed by atoms with Crippen LogP contribution in [0, 0.1) is 5.41 Å². The molecule has 0 spiro atoms. The zero-order valence-corrected chi connectivity index (χ0v) is 20.2. The Labute approximate surface area is 187 Å². The maximum Gasteiger partial charge on any atom is 0.410 e. The molecule has 0 aliphatic heterocycles. The van der Waals surface area contributed by atoms with E-state index in [0.29, 0.717) is 19.7 Å². The van der Waals surface area contributed by atoms with Crippen molar-refractivity contribution >= 4 is 16.9 Å². The fourth-order valence-corrected chi connectivity index (χ4v) is 3.75. The van der Waals surface area contributed by atoms with Gasteiger partial charge < -0.3 is 19.3 Å². The molecule has 0 saturated carbocycles. The standard InChI is InChI=1S/C26H38N2O3/c1-20(17-30-23-15-11-13-21-12-9-10-14-22(21)23)16-28(24(29)31-25(2,3)4)19-26(5,6)18-27(7)8/h9-15H,1,16-19H2,2-8H3. The zero-order chi connectivity index (χ0) is 23.2. The van der Waals surface area contributed by atoms with E-state index < -0.39 is 5.60 Å². The van der Waals surface area contributed by atoms with Crippen LogP contribution in [-0.2, 0) is 4.74 Å². The van der Waals surface area contributed by atoms with Gasteiger partial charge in [-0.2, -0.15) is 0 Å². The van der Waals surface area contributed by atoms with Crippen LogP contribution in [0.2, 0.25) is 0 Å². The number of fused-ring (bicyclic) bond motifs is 1. The fourth-order valence-electron chi connectivity index (χ4n) is 3.75. The van der Waals surface area contributed by atoms with Gasteiger partial charge in [-0.15, -0.1) is 0 Å². The monoisotopic (exact) mass is 426 g/mol. The summed E-state index contributed by atoms with van der Waals surface area (Å²) in [5.41, 5.74) is 0.165. The highest BCUT2D eigenvalue weighted by molar-refractivity contribution is 5.88. The Morgan fingerprint density at radius 2 is 1.61 bits per heavy atom. The van der Waals surface area contributed by atoms with Gasteiger partial charge in [-0.3, -0.25) is 0 Å². The van der Waals surface area contributed by atoms with Gasteiger partial charge in [0.1, 0.15) is 18.0 Å². The molecule has 2 aromatic carbocycles. The van der Waals surface area contributed by atoms with Crippen LogP contribution in [0.3, 0.4) is 0 Å². The molecule has 1 amide bonds. The maximum atomic E-state index is 12.9. The summed E-state index contributed by atoms with van der Waals surface area (Å²) in [6, 6.07) is 14.1. The first-order chi connectivity index (χ1) is 14.4. The molecular weight excluding hydrogens is 388 g/mol. The largest absolute Gasteiger partial charge is 0.489 e. The van der Waals surface area contributed by atoms with E-state index in [1.807, 2.05) is 65.2 Å². The van der Waals surface area contributed by atoms with Crippen LogP contribution in [0.1, 0.15) is 34.6 Å². The first kappa shape index (κ1) is 24.7. The van der Waals surface area contributed by atoms with E-state index in [-0.39, 0.29) is 11.5 Å². The Morgan fingerprint density at radius 1 is 0.968 bits per heavy atom. The fraction of sp³-hybridized carbons (Fsp3) is 0.500. The molecule has 0 aliphatic carbocycles. The minimum atomic E-state index is -0.554. The molecule has 0 saturated heterocycles. The summed E-state index contributed by atoms with van der Waals surface area (Å²) in [6.07, 6.45) is -0.328. The topological polar surface area (TPSA) is 42.0 Å². The predicted octanol–water partition coefficient (Wildman–Crippen LogP) is 5.60. The smallest absolute Gasteiger partial charge is 0.410 e. The first-order valence-corrected chi connectivity index (χ1v) is 10.8. The van der Waals surface area contributed by atoms with Gasteiger partial charge in [0.05, 0.1) is 0 Å². The highest BCUT2D eigenvalue weighted by atomic mass is 16.6. The lowest BCUT2D eigenvalue weighted by Gasteiger charge is -2.35. The number of ether oxygens (including phenoxy) is 2. The molecule has 0 atom stereocenters. The normalized spacial score (nSPS) is 12.1. The van der Waals surface area contributed by atoms with Gasteiger partial charge in [0.2, 0.25) is 0 Å². The summed E-state index contributed by atoms with van der Waals surface area (Å²) in [4.78, 5) is 16.8. The van der Waals surface area contributed by atoms with Crippen molar-refractivity contribution in [2.24, 2.45) is 5.41 Å². The molecule has 2 rings (SSSR count). The van der Waals surface area contributed by atoms with Crippen molar-refractivity contribution in [3.63, 3.8) is 0 Å². The number of carbonyl (C=O) groups excluding carboxylic acids is 1. The zero-order valence-electron chi connectivity index (χ0n) is 20.2. The molecule has 0 unspecified atom stereocenters. The summed E-state index contributed by atoms with van der Waals surface area (Å²) >= 11 is 0. The van der Waals surface area contributed by atoms with Gasteiger partial charge in [-0.25, -0.2) is 4.79 Å². The van der Waals surface area contributed by atoms with E-state index in [0.717, 1.165) is 28.6 Å². The summed E-state index contributed by atoms with van der Waals surface area (Å²) in [5.74, 6) is 0.816. The Balaban J connectivity index is 2.09. The molecule has 5 nitrogen and oxygen atoms in total. The second-order valence-corrected chi connectivity index (χ2v) is 10.3. The van der Waals surface area contributed by atoms with Gasteiger partial charge in [-0.1, -0.05) is 56.8 Å². The van der Waals surface area contributed by atoms with Crippen LogP contribution in [0.25, 0.3) is 10.8 Å². The third-order valence-electron chi connectivity index (χ3n) is 4.61. The van der Waals surface area contributed by atoms with Crippen molar-refractivity contribution < 1.29 is 14.3 Å². The SMILES string of the molecule is C=C(COc1cccc2ccccc12)CN(CC(C)(C)CN(C)C)C(=O)OC(C)(C)C. The van der Waals surface area contributed by atoms with Gasteiger partial charge in [0, 0.05) is 25.0 Å². The van der Waals surface area contributed by atoms with Crippen molar-refractivity contribution in [1.82, 2.24) is 9.80 Å². The molecule has 0 aromatic heterocycles. The minimum absolute atomic E-state index is 0.100. The third kappa shape index (κ3) is 8.25. The minimum Gasteiger partial charge on any atom is -0.489 e. The number of carbonyl (C=O) groups is 1. The van der Waals surface area contributed by atoms with Gasteiger partial charge in [-0.05, 0) is 57.3 Å². The number of hydrogen-bond acceptors (Lipinski definition) is 4. The quantitative estimate of drug-likeness (QED) is 0.490. The highest BCUT2D eigenvalue weighted by Crippen LogP contribution is 2.26. The predicted molar refractivity (Wildman–Crippen MR) is 129 cm³/mol. The van der Waals surface area contributed by atoms with Crippen LogP contribution < -0.4 is 4.74 Å². The summed E-state index contributed by atoms with van der Waals surface area (Å²) < 4.78 is 11.7. The van der Waals surface area contributed by atoms with Crippen LogP contribution in [-0.4, -0.2) is 61.8 Å². The van der Waals surface area contributed by atoms with Gasteiger partial charge in [0.25, 0.3) is 0 Å². The number of benzene rings is 2. The van der Waals surface area contributed by atoms with Crippen molar-refractivity contribution in [1.29, 1.82) is 0 Å². The first-order valence-electron chi connectivity index (χ1n) is 10.8. The average molecular weight is 427 g/mol. The van der Waals surface area contributed by atoms with Crippen LogP contribution >= 0.6 is 0 Å². The molecular formula is C26H38N2O3. The molecule has 0 heterocycles. The molecule has 170 valence electrons. The maximum absolute atomic E-state index is 12.9. The van der Waals surface area contributed by atoms with E-state index in [2.05, 4.69) is 37.5 Å². The Morgan fingerprint density at radius 3 is 2.26 bits per heavy atom. The van der Waals surface area contributed by atoms with E-state index in [4.69, 9.17) is 9.47 Å². The molecule has 2 aromatic rings. The second kappa shape index (κ2) is 10.2. The summed E-state index contributed by atoms with van der Waals surface area (Å²) in [7, 11) is 4.08. The lowest BCUT2D eigenvalue weighted by Crippen LogP contribution is -2.46. The van der Waals surface area contributed by atoms with Crippen molar-refractivity contribution in [3.8, 4) is 5.75 Å². The highest BCUT2D eigenvalue weighted by Gasteiger charge is 2.29. The second-order valence-electron chi connectivity index (χ2n) is 10.3. The lowest BCUT2D eigenvalue weighted by molar-refractivity contribution is 0.0178. The molecule has 0 aliphatic rings. The van der Waals surface area contributed by atoms with E-state index in [9.17, 15) is 4.79 Å². The molecule has 0 fully saturated rings. The van der Waals surface area contributed by atoms with Gasteiger partial charge >= 0.3 is 6.09 Å². The van der Waals surface area contributed by atoms with Crippen molar-refractivity contribution in [3.05, 3.63) is 54.6 Å². The third-order valence-corrected chi connectivity index (χ3v) is 4.61. The van der Waals surface area contributed by atoms with E-state index in [1.54, 1.807) is 4.90 Å². The summed E-state index contributed by atoms with van der Waals surface area (Å²) in [5, 5.41) is 2.19. The molecule has 0 radical (unpaired) electrons. The average Bonchev–Trinajstić information content (AvgIpc) is 2.63. The molecule has 5 heteroatoms. The van der Waals surface area contributed by atoms with Crippen LogP contribution in [0.5, 0.6) is 5.75 Å². The Kier molecular flexibility index (Phi) is 8.13. The number of amides is 1. The van der Waals surface area contributed by atoms with Crippen LogP contribution in [0.15, 0.2) is 54.6 Å².